The Labute approximate surface area is 88.6 Å². The summed E-state index contributed by atoms with van der Waals surface area (Å²) in [4.78, 5) is 8.13. The summed E-state index contributed by atoms with van der Waals surface area (Å²) in [7, 11) is 0. The number of fused-ring (bicyclic) bond motifs is 1. The van der Waals surface area contributed by atoms with Crippen molar-refractivity contribution < 1.29 is 0 Å². The Kier molecular flexibility index (Phi) is 2.42. The van der Waals surface area contributed by atoms with Crippen LogP contribution in [0.25, 0.3) is 11.2 Å². The van der Waals surface area contributed by atoms with Gasteiger partial charge in [-0.2, -0.15) is 0 Å². The van der Waals surface area contributed by atoms with E-state index in [9.17, 15) is 0 Å². The summed E-state index contributed by atoms with van der Waals surface area (Å²) in [6.45, 7) is 2.50. The SMILES string of the molecule is CC(N)Cn1nnc2cnc(Br)nc21. The Morgan fingerprint density at radius 3 is 3.14 bits per heavy atom. The van der Waals surface area contributed by atoms with Crippen LogP contribution in [0.4, 0.5) is 0 Å². The second-order valence-electron chi connectivity index (χ2n) is 3.10. The maximum Gasteiger partial charge on any atom is 0.198 e. The third-order valence-electron chi connectivity index (χ3n) is 1.69. The number of aromatic nitrogens is 5. The first-order valence-electron chi connectivity index (χ1n) is 4.14. The summed E-state index contributed by atoms with van der Waals surface area (Å²) < 4.78 is 2.20. The van der Waals surface area contributed by atoms with Gasteiger partial charge >= 0.3 is 0 Å². The van der Waals surface area contributed by atoms with E-state index in [2.05, 4.69) is 36.2 Å². The van der Waals surface area contributed by atoms with Crippen LogP contribution in [0.3, 0.4) is 0 Å². The van der Waals surface area contributed by atoms with Gasteiger partial charge < -0.3 is 5.73 Å². The number of halogens is 1. The predicted molar refractivity (Wildman–Crippen MR) is 54.5 cm³/mol. The van der Waals surface area contributed by atoms with Crippen LogP contribution in [-0.4, -0.2) is 31.0 Å². The molecule has 6 nitrogen and oxygen atoms in total. The molecule has 0 saturated heterocycles. The number of hydrogen-bond donors (Lipinski definition) is 1. The summed E-state index contributed by atoms with van der Waals surface area (Å²) in [5.74, 6) is 0. The van der Waals surface area contributed by atoms with Crippen LogP contribution in [0, 0.1) is 0 Å². The van der Waals surface area contributed by atoms with Crippen LogP contribution in [0.2, 0.25) is 0 Å². The highest BCUT2D eigenvalue weighted by Gasteiger charge is 2.08. The Morgan fingerprint density at radius 2 is 2.43 bits per heavy atom. The first-order valence-corrected chi connectivity index (χ1v) is 4.93. The number of hydrogen-bond acceptors (Lipinski definition) is 5. The van der Waals surface area contributed by atoms with Crippen molar-refractivity contribution in [2.45, 2.75) is 19.5 Å². The Morgan fingerprint density at radius 1 is 1.64 bits per heavy atom. The van der Waals surface area contributed by atoms with Gasteiger partial charge in [0.25, 0.3) is 0 Å². The summed E-state index contributed by atoms with van der Waals surface area (Å²) >= 11 is 3.20. The molecule has 0 aliphatic rings. The average molecular weight is 257 g/mol. The van der Waals surface area contributed by atoms with Gasteiger partial charge in [0, 0.05) is 6.04 Å². The number of rotatable bonds is 2. The van der Waals surface area contributed by atoms with E-state index in [1.54, 1.807) is 10.9 Å². The number of nitrogens with zero attached hydrogens (tertiary/aromatic N) is 5. The zero-order chi connectivity index (χ0) is 10.1. The lowest BCUT2D eigenvalue weighted by atomic mass is 10.4. The largest absolute Gasteiger partial charge is 0.326 e. The van der Waals surface area contributed by atoms with Crippen LogP contribution >= 0.6 is 15.9 Å². The van der Waals surface area contributed by atoms with Crippen LogP contribution < -0.4 is 5.73 Å². The second kappa shape index (κ2) is 3.58. The van der Waals surface area contributed by atoms with Crippen molar-refractivity contribution in [2.75, 3.05) is 0 Å². The van der Waals surface area contributed by atoms with Crippen LogP contribution in [0.5, 0.6) is 0 Å². The van der Waals surface area contributed by atoms with E-state index in [1.165, 1.54) is 0 Å². The summed E-state index contributed by atoms with van der Waals surface area (Å²) in [6, 6.07) is 0.0219. The molecule has 2 aromatic rings. The van der Waals surface area contributed by atoms with Gasteiger partial charge in [-0.3, -0.25) is 0 Å². The molecule has 0 spiro atoms. The highest BCUT2D eigenvalue weighted by Crippen LogP contribution is 2.10. The van der Waals surface area contributed by atoms with E-state index in [4.69, 9.17) is 5.73 Å². The summed E-state index contributed by atoms with van der Waals surface area (Å²) in [5, 5.41) is 7.86. The fraction of sp³-hybridized carbons (Fsp3) is 0.429. The fourth-order valence-electron chi connectivity index (χ4n) is 1.15. The summed E-state index contributed by atoms with van der Waals surface area (Å²) in [6.07, 6.45) is 1.62. The molecule has 0 aliphatic carbocycles. The van der Waals surface area contributed by atoms with Crippen molar-refractivity contribution in [1.82, 2.24) is 25.0 Å². The lowest BCUT2D eigenvalue weighted by Gasteiger charge is -2.03. The topological polar surface area (TPSA) is 82.5 Å². The van der Waals surface area contributed by atoms with E-state index in [1.807, 2.05) is 6.92 Å². The lowest BCUT2D eigenvalue weighted by molar-refractivity contribution is 0.533. The maximum atomic E-state index is 5.67. The zero-order valence-electron chi connectivity index (χ0n) is 7.55. The Bertz CT molecular complexity index is 450. The smallest absolute Gasteiger partial charge is 0.198 e. The van der Waals surface area contributed by atoms with Crippen LogP contribution in [-0.2, 0) is 6.54 Å². The second-order valence-corrected chi connectivity index (χ2v) is 3.81. The van der Waals surface area contributed by atoms with Crippen molar-refractivity contribution >= 4 is 27.1 Å². The molecule has 1 unspecified atom stereocenters. The maximum absolute atomic E-state index is 5.67. The van der Waals surface area contributed by atoms with Crippen molar-refractivity contribution in [1.29, 1.82) is 0 Å². The Balaban J connectivity index is 2.50. The van der Waals surface area contributed by atoms with Gasteiger partial charge in [0.15, 0.2) is 15.9 Å². The molecule has 7 heteroatoms. The van der Waals surface area contributed by atoms with E-state index in [0.717, 1.165) is 0 Å². The van der Waals surface area contributed by atoms with Crippen molar-refractivity contribution in [2.24, 2.45) is 5.73 Å². The minimum absolute atomic E-state index is 0.0219. The Hall–Kier alpha value is -1.08. The van der Waals surface area contributed by atoms with Crippen molar-refractivity contribution in [3.8, 4) is 0 Å². The molecule has 74 valence electrons. The minimum atomic E-state index is 0.0219. The van der Waals surface area contributed by atoms with Gasteiger partial charge in [-0.05, 0) is 22.9 Å². The third kappa shape index (κ3) is 1.73. The van der Waals surface area contributed by atoms with E-state index >= 15 is 0 Å². The van der Waals surface area contributed by atoms with Gasteiger partial charge in [-0.1, -0.05) is 5.21 Å². The molecule has 0 bridgehead atoms. The lowest BCUT2D eigenvalue weighted by Crippen LogP contribution is -2.23. The molecule has 2 N–H and O–H groups in total. The highest BCUT2D eigenvalue weighted by atomic mass is 79.9. The molecular weight excluding hydrogens is 248 g/mol. The van der Waals surface area contributed by atoms with Gasteiger partial charge in [0.2, 0.25) is 0 Å². The van der Waals surface area contributed by atoms with E-state index in [0.29, 0.717) is 22.4 Å². The molecule has 0 radical (unpaired) electrons. The minimum Gasteiger partial charge on any atom is -0.326 e. The normalized spacial score (nSPS) is 13.4. The zero-order valence-corrected chi connectivity index (χ0v) is 9.14. The average Bonchev–Trinajstić information content (AvgIpc) is 2.47. The van der Waals surface area contributed by atoms with Gasteiger partial charge in [-0.25, -0.2) is 14.6 Å². The quantitative estimate of drug-likeness (QED) is 0.784. The van der Waals surface area contributed by atoms with Gasteiger partial charge in [0.1, 0.15) is 0 Å². The highest BCUT2D eigenvalue weighted by molar-refractivity contribution is 9.10. The molecule has 14 heavy (non-hydrogen) atoms. The van der Waals surface area contributed by atoms with Crippen LogP contribution in [0.15, 0.2) is 10.9 Å². The van der Waals surface area contributed by atoms with Crippen LogP contribution in [0.1, 0.15) is 6.92 Å². The van der Waals surface area contributed by atoms with Gasteiger partial charge in [-0.15, -0.1) is 5.10 Å². The molecule has 2 heterocycles. The standard InChI is InChI=1S/C7H9BrN6/c1-4(9)3-14-6-5(12-13-14)2-10-7(8)11-6/h2,4H,3,9H2,1H3. The molecule has 2 aromatic heterocycles. The molecule has 0 saturated carbocycles. The summed E-state index contributed by atoms with van der Waals surface area (Å²) in [5.41, 5.74) is 7.04. The predicted octanol–water partition coefficient (Wildman–Crippen LogP) is 0.331. The van der Waals surface area contributed by atoms with Crippen molar-refractivity contribution in [3.63, 3.8) is 0 Å². The molecular formula is C7H9BrN6. The molecule has 2 rings (SSSR count). The van der Waals surface area contributed by atoms with E-state index < -0.39 is 0 Å². The number of nitrogens with two attached hydrogens (primary N) is 1. The first-order chi connectivity index (χ1) is 6.66. The first kappa shape index (κ1) is 9.47. The molecule has 0 fully saturated rings. The van der Waals surface area contributed by atoms with Gasteiger partial charge in [0.05, 0.1) is 12.7 Å². The van der Waals surface area contributed by atoms with Crippen molar-refractivity contribution in [3.05, 3.63) is 10.9 Å². The fourth-order valence-corrected chi connectivity index (χ4v) is 1.42. The molecule has 0 aromatic carbocycles. The third-order valence-corrected chi connectivity index (χ3v) is 2.07. The monoisotopic (exact) mass is 256 g/mol. The molecule has 0 aliphatic heterocycles. The molecule has 0 amide bonds. The molecule has 1 atom stereocenters. The van der Waals surface area contributed by atoms with E-state index in [-0.39, 0.29) is 6.04 Å².